The number of nitrogens with zero attached hydrogens (tertiary/aromatic N) is 1. The highest BCUT2D eigenvalue weighted by molar-refractivity contribution is 5.98. The Morgan fingerprint density at radius 3 is 2.45 bits per heavy atom. The third kappa shape index (κ3) is 4.15. The van der Waals surface area contributed by atoms with E-state index in [1.165, 1.54) is 4.90 Å². The molecule has 154 valence electrons. The van der Waals surface area contributed by atoms with Crippen LogP contribution >= 0.6 is 0 Å². The molecule has 3 aliphatic carbocycles. The fraction of sp³-hybridized carbons (Fsp3) is 0.500. The Bertz CT molecular complexity index is 888. The van der Waals surface area contributed by atoms with Crippen LogP contribution in [0.2, 0.25) is 0 Å². The number of carbonyl (C=O) groups is 2. The molecule has 5 nitrogen and oxygen atoms in total. The summed E-state index contributed by atoms with van der Waals surface area (Å²) in [6, 6.07) is 13.5. The molecule has 2 aromatic rings. The minimum atomic E-state index is -0.787. The van der Waals surface area contributed by atoms with E-state index >= 15 is 0 Å². The molecule has 0 spiro atoms. The smallest absolute Gasteiger partial charge is 0.253 e. The minimum Gasteiger partial charge on any atom is -0.389 e. The average Bonchev–Trinajstić information content (AvgIpc) is 2.77. The molecule has 3 aliphatic rings. The first-order valence-corrected chi connectivity index (χ1v) is 10.7. The maximum atomic E-state index is 12.7. The molecule has 0 saturated heterocycles. The van der Waals surface area contributed by atoms with E-state index in [1.54, 1.807) is 7.05 Å². The zero-order valence-electron chi connectivity index (χ0n) is 17.1. The molecule has 2 aromatic carbocycles. The van der Waals surface area contributed by atoms with E-state index in [2.05, 4.69) is 5.32 Å². The molecule has 3 fully saturated rings. The highest BCUT2D eigenvalue weighted by Gasteiger charge is 2.45. The van der Waals surface area contributed by atoms with E-state index in [0.29, 0.717) is 5.56 Å². The van der Waals surface area contributed by atoms with Gasteiger partial charge in [0.15, 0.2) is 0 Å². The second-order valence-electron chi connectivity index (χ2n) is 8.87. The van der Waals surface area contributed by atoms with Crippen LogP contribution in [0.4, 0.5) is 0 Å². The van der Waals surface area contributed by atoms with E-state index in [9.17, 15) is 14.7 Å². The van der Waals surface area contributed by atoms with Crippen molar-refractivity contribution in [3.8, 4) is 0 Å². The van der Waals surface area contributed by atoms with Gasteiger partial charge in [0.25, 0.3) is 5.91 Å². The van der Waals surface area contributed by atoms with Gasteiger partial charge in [-0.3, -0.25) is 9.59 Å². The van der Waals surface area contributed by atoms with Crippen LogP contribution in [0.25, 0.3) is 10.8 Å². The van der Waals surface area contributed by atoms with Crippen molar-refractivity contribution < 1.29 is 14.7 Å². The normalized spacial score (nSPS) is 24.3. The third-order valence-corrected chi connectivity index (χ3v) is 6.90. The molecule has 0 aromatic heterocycles. The van der Waals surface area contributed by atoms with Crippen LogP contribution < -0.4 is 5.32 Å². The van der Waals surface area contributed by atoms with Gasteiger partial charge in [-0.25, -0.2) is 0 Å². The zero-order chi connectivity index (χ0) is 20.4. The first kappa shape index (κ1) is 19.9. The van der Waals surface area contributed by atoms with Crippen LogP contribution in [-0.4, -0.2) is 48.1 Å². The molecule has 5 rings (SSSR count). The second kappa shape index (κ2) is 8.15. The number of aliphatic hydroxyl groups is 1. The number of amides is 2. The van der Waals surface area contributed by atoms with Crippen LogP contribution in [0.1, 0.15) is 48.9 Å². The molecule has 2 amide bonds. The summed E-state index contributed by atoms with van der Waals surface area (Å²) in [5, 5.41) is 15.4. The van der Waals surface area contributed by atoms with E-state index in [0.717, 1.165) is 55.2 Å². The second-order valence-corrected chi connectivity index (χ2v) is 8.87. The SMILES string of the molecule is CN(CC(O)CNC(=O)C12CCC(CC1)CC2)C(=O)c1ccc2ccccc2c1. The molecule has 3 saturated carbocycles. The highest BCUT2D eigenvalue weighted by Crippen LogP contribution is 2.50. The molecule has 2 N–H and O–H groups in total. The fourth-order valence-electron chi connectivity index (χ4n) is 4.99. The van der Waals surface area contributed by atoms with Crippen molar-refractivity contribution in [1.82, 2.24) is 10.2 Å². The van der Waals surface area contributed by atoms with Gasteiger partial charge >= 0.3 is 0 Å². The van der Waals surface area contributed by atoms with Gasteiger partial charge in [0.2, 0.25) is 5.91 Å². The van der Waals surface area contributed by atoms with E-state index < -0.39 is 6.10 Å². The van der Waals surface area contributed by atoms with Crippen molar-refractivity contribution in [3.05, 3.63) is 48.0 Å². The van der Waals surface area contributed by atoms with Crippen molar-refractivity contribution in [2.45, 2.75) is 44.6 Å². The number of carbonyl (C=O) groups excluding carboxylic acids is 2. The molecule has 29 heavy (non-hydrogen) atoms. The van der Waals surface area contributed by atoms with Crippen LogP contribution in [0.3, 0.4) is 0 Å². The predicted octanol–water partition coefficient (Wildman–Crippen LogP) is 3.36. The zero-order valence-corrected chi connectivity index (χ0v) is 17.1. The maximum Gasteiger partial charge on any atom is 0.253 e. The Kier molecular flexibility index (Phi) is 5.59. The largest absolute Gasteiger partial charge is 0.389 e. The lowest BCUT2D eigenvalue weighted by Gasteiger charge is -2.45. The van der Waals surface area contributed by atoms with Gasteiger partial charge in [-0.1, -0.05) is 30.3 Å². The van der Waals surface area contributed by atoms with Crippen molar-refractivity contribution in [3.63, 3.8) is 0 Å². The Labute approximate surface area is 172 Å². The lowest BCUT2D eigenvalue weighted by Crippen LogP contribution is -2.49. The minimum absolute atomic E-state index is 0.0817. The summed E-state index contributed by atoms with van der Waals surface area (Å²) in [5.74, 6) is 0.758. The summed E-state index contributed by atoms with van der Waals surface area (Å²) in [6.07, 6.45) is 5.58. The van der Waals surface area contributed by atoms with Gasteiger partial charge in [0.05, 0.1) is 6.10 Å². The van der Waals surface area contributed by atoms with Gasteiger partial charge in [0, 0.05) is 31.1 Å². The summed E-state index contributed by atoms with van der Waals surface area (Å²) in [4.78, 5) is 27.0. The van der Waals surface area contributed by atoms with Crippen LogP contribution in [0, 0.1) is 11.3 Å². The Balaban J connectivity index is 1.31. The Morgan fingerprint density at radius 1 is 1.10 bits per heavy atom. The van der Waals surface area contributed by atoms with E-state index in [4.69, 9.17) is 0 Å². The molecule has 0 aliphatic heterocycles. The molecular formula is C24H30N2O3. The number of benzene rings is 2. The number of likely N-dealkylation sites (N-methyl/N-ethyl adjacent to an activating group) is 1. The number of rotatable bonds is 6. The van der Waals surface area contributed by atoms with Crippen molar-refractivity contribution in [2.24, 2.45) is 11.3 Å². The molecule has 1 unspecified atom stereocenters. The molecule has 2 bridgehead atoms. The molecule has 1 atom stereocenters. The van der Waals surface area contributed by atoms with Crippen molar-refractivity contribution in [1.29, 1.82) is 0 Å². The van der Waals surface area contributed by atoms with Gasteiger partial charge in [-0.05, 0) is 67.3 Å². The molecule has 0 heterocycles. The first-order valence-electron chi connectivity index (χ1n) is 10.7. The van der Waals surface area contributed by atoms with Crippen LogP contribution in [0.5, 0.6) is 0 Å². The number of nitrogens with one attached hydrogen (secondary N) is 1. The van der Waals surface area contributed by atoms with Gasteiger partial charge in [0.1, 0.15) is 0 Å². The summed E-state index contributed by atoms with van der Waals surface area (Å²) < 4.78 is 0. The van der Waals surface area contributed by atoms with Crippen molar-refractivity contribution in [2.75, 3.05) is 20.1 Å². The standard InChI is InChI=1S/C24H30N2O3/c1-26(22(28)20-7-6-18-4-2-3-5-19(18)14-20)16-21(27)15-25-23(29)24-11-8-17(9-12-24)10-13-24/h2-7,14,17,21,27H,8-13,15-16H2,1H3,(H,25,29). The van der Waals surface area contributed by atoms with E-state index in [-0.39, 0.29) is 30.3 Å². The number of fused-ring (bicyclic) bond motifs is 4. The average molecular weight is 395 g/mol. The van der Waals surface area contributed by atoms with E-state index in [1.807, 2.05) is 42.5 Å². The highest BCUT2D eigenvalue weighted by atomic mass is 16.3. The summed E-state index contributed by atoms with van der Waals surface area (Å²) >= 11 is 0. The summed E-state index contributed by atoms with van der Waals surface area (Å²) in [7, 11) is 1.68. The Hall–Kier alpha value is -2.40. The first-order chi connectivity index (χ1) is 14.0. The summed E-state index contributed by atoms with van der Waals surface area (Å²) in [6.45, 7) is 0.361. The van der Waals surface area contributed by atoms with Crippen LogP contribution in [-0.2, 0) is 4.79 Å². The Morgan fingerprint density at radius 2 is 1.76 bits per heavy atom. The monoisotopic (exact) mass is 394 g/mol. The molecule has 5 heteroatoms. The lowest BCUT2D eigenvalue weighted by molar-refractivity contribution is -0.137. The van der Waals surface area contributed by atoms with Crippen LogP contribution in [0.15, 0.2) is 42.5 Å². The number of hydrogen-bond acceptors (Lipinski definition) is 3. The number of hydrogen-bond donors (Lipinski definition) is 2. The number of aliphatic hydroxyl groups excluding tert-OH is 1. The molecule has 0 radical (unpaired) electrons. The predicted molar refractivity (Wildman–Crippen MR) is 114 cm³/mol. The topological polar surface area (TPSA) is 69.6 Å². The van der Waals surface area contributed by atoms with Crippen molar-refractivity contribution >= 4 is 22.6 Å². The molecular weight excluding hydrogens is 364 g/mol. The maximum absolute atomic E-state index is 12.7. The fourth-order valence-corrected chi connectivity index (χ4v) is 4.99. The van der Waals surface area contributed by atoms with Gasteiger partial charge < -0.3 is 15.3 Å². The van der Waals surface area contributed by atoms with Gasteiger partial charge in [-0.15, -0.1) is 0 Å². The third-order valence-electron chi connectivity index (χ3n) is 6.90. The lowest BCUT2D eigenvalue weighted by atomic mass is 9.60. The quantitative estimate of drug-likeness (QED) is 0.789. The van der Waals surface area contributed by atoms with Gasteiger partial charge in [-0.2, -0.15) is 0 Å². The summed E-state index contributed by atoms with van der Waals surface area (Å²) in [5.41, 5.74) is 0.377.